The van der Waals surface area contributed by atoms with Gasteiger partial charge in [0.25, 0.3) is 0 Å². The number of amides is 2. The molecule has 2 fully saturated rings. The molecule has 1 saturated carbocycles. The van der Waals surface area contributed by atoms with Crippen LogP contribution in [-0.2, 0) is 14.6 Å². The summed E-state index contributed by atoms with van der Waals surface area (Å²) >= 11 is 0. The van der Waals surface area contributed by atoms with Crippen LogP contribution in [0.2, 0.25) is 0 Å². The second-order valence-electron chi connectivity index (χ2n) is 6.92. The second kappa shape index (κ2) is 7.74. The van der Waals surface area contributed by atoms with Crippen molar-refractivity contribution in [3.8, 4) is 0 Å². The number of hydrogen-bond donors (Lipinski definition) is 1. The molecule has 0 bridgehead atoms. The Hall–Kier alpha value is -1.60. The highest BCUT2D eigenvalue weighted by atomic mass is 32.2. The van der Waals surface area contributed by atoms with Crippen molar-refractivity contribution in [3.63, 3.8) is 0 Å². The summed E-state index contributed by atoms with van der Waals surface area (Å²) in [6.07, 6.45) is 7.47. The van der Waals surface area contributed by atoms with Crippen LogP contribution in [0.25, 0.3) is 0 Å². The van der Waals surface area contributed by atoms with Gasteiger partial charge in [-0.3, -0.25) is 0 Å². The first kappa shape index (κ1) is 18.2. The van der Waals surface area contributed by atoms with Crippen LogP contribution in [0, 0.1) is 0 Å². The van der Waals surface area contributed by atoms with Gasteiger partial charge < -0.3 is 15.0 Å². The van der Waals surface area contributed by atoms with E-state index >= 15 is 0 Å². The van der Waals surface area contributed by atoms with Crippen LogP contribution in [0.3, 0.4) is 0 Å². The first-order chi connectivity index (χ1) is 11.9. The molecular formula is C18H26N2O4S. The SMILES string of the molecule is CS(=O)(=O)c1ccccc1NC(=O)N(CC1CCCO1)C1CCCC1. The van der Waals surface area contributed by atoms with Crippen LogP contribution < -0.4 is 5.32 Å². The Morgan fingerprint density at radius 2 is 1.92 bits per heavy atom. The summed E-state index contributed by atoms with van der Waals surface area (Å²) in [5.41, 5.74) is 0.338. The molecule has 1 aromatic carbocycles. The van der Waals surface area contributed by atoms with Crippen LogP contribution in [0.4, 0.5) is 10.5 Å². The predicted molar refractivity (Wildman–Crippen MR) is 96.5 cm³/mol. The number of sulfone groups is 1. The minimum absolute atomic E-state index is 0.0801. The van der Waals surface area contributed by atoms with E-state index in [1.165, 1.54) is 6.07 Å². The third kappa shape index (κ3) is 4.52. The minimum atomic E-state index is -3.40. The molecule has 1 N–H and O–H groups in total. The minimum Gasteiger partial charge on any atom is -0.376 e. The Kier molecular flexibility index (Phi) is 5.64. The molecule has 1 heterocycles. The number of anilines is 1. The highest BCUT2D eigenvalue weighted by Gasteiger charge is 2.31. The van der Waals surface area contributed by atoms with Crippen molar-refractivity contribution >= 4 is 21.6 Å². The van der Waals surface area contributed by atoms with Crippen LogP contribution >= 0.6 is 0 Å². The van der Waals surface area contributed by atoms with Crippen molar-refractivity contribution in [2.24, 2.45) is 0 Å². The van der Waals surface area contributed by atoms with Gasteiger partial charge in [-0.2, -0.15) is 0 Å². The lowest BCUT2D eigenvalue weighted by atomic mass is 10.1. The van der Waals surface area contributed by atoms with E-state index in [0.29, 0.717) is 12.2 Å². The number of para-hydroxylation sites is 1. The van der Waals surface area contributed by atoms with Crippen molar-refractivity contribution < 1.29 is 17.9 Å². The van der Waals surface area contributed by atoms with Gasteiger partial charge in [-0.15, -0.1) is 0 Å². The number of nitrogens with one attached hydrogen (secondary N) is 1. The summed E-state index contributed by atoms with van der Waals surface area (Å²) in [7, 11) is -3.40. The fourth-order valence-electron chi connectivity index (χ4n) is 3.70. The van der Waals surface area contributed by atoms with Crippen molar-refractivity contribution in [1.29, 1.82) is 0 Å². The summed E-state index contributed by atoms with van der Waals surface area (Å²) in [6, 6.07) is 6.50. The molecule has 1 aliphatic carbocycles. The van der Waals surface area contributed by atoms with E-state index in [9.17, 15) is 13.2 Å². The third-order valence-corrected chi connectivity index (χ3v) is 6.13. The zero-order valence-electron chi connectivity index (χ0n) is 14.6. The van der Waals surface area contributed by atoms with Gasteiger partial charge in [0, 0.05) is 25.4 Å². The molecular weight excluding hydrogens is 340 g/mol. The molecule has 1 atom stereocenters. The van der Waals surface area contributed by atoms with Crippen molar-refractivity contribution in [2.45, 2.75) is 55.6 Å². The summed E-state index contributed by atoms with van der Waals surface area (Å²) in [5.74, 6) is 0. The predicted octanol–water partition coefficient (Wildman–Crippen LogP) is 3.05. The molecule has 0 aromatic heterocycles. The molecule has 1 unspecified atom stereocenters. The number of rotatable bonds is 5. The summed E-state index contributed by atoms with van der Waals surface area (Å²) in [4.78, 5) is 14.9. The molecule has 6 nitrogen and oxygen atoms in total. The Balaban J connectivity index is 1.78. The summed E-state index contributed by atoms with van der Waals surface area (Å²) in [5, 5.41) is 2.82. The smallest absolute Gasteiger partial charge is 0.322 e. The average molecular weight is 366 g/mol. The van der Waals surface area contributed by atoms with Crippen LogP contribution in [0.15, 0.2) is 29.2 Å². The fourth-order valence-corrected chi connectivity index (χ4v) is 4.55. The van der Waals surface area contributed by atoms with Gasteiger partial charge in [-0.25, -0.2) is 13.2 Å². The molecule has 0 radical (unpaired) electrons. The molecule has 1 saturated heterocycles. The number of carbonyl (C=O) groups excluding carboxylic acids is 1. The number of ether oxygens (including phenoxy) is 1. The molecule has 0 spiro atoms. The van der Waals surface area contributed by atoms with E-state index in [1.807, 2.05) is 4.90 Å². The number of urea groups is 1. The van der Waals surface area contributed by atoms with Gasteiger partial charge in [-0.1, -0.05) is 25.0 Å². The zero-order chi connectivity index (χ0) is 17.9. The van der Waals surface area contributed by atoms with Crippen LogP contribution in [0.5, 0.6) is 0 Å². The van der Waals surface area contributed by atoms with Gasteiger partial charge in [0.05, 0.1) is 16.7 Å². The Morgan fingerprint density at radius 1 is 1.20 bits per heavy atom. The Labute approximate surface area is 149 Å². The van der Waals surface area contributed by atoms with Gasteiger partial charge in [0.1, 0.15) is 0 Å². The lowest BCUT2D eigenvalue weighted by molar-refractivity contribution is 0.0729. The van der Waals surface area contributed by atoms with E-state index < -0.39 is 9.84 Å². The van der Waals surface area contributed by atoms with E-state index in [2.05, 4.69) is 5.32 Å². The molecule has 138 valence electrons. The lowest BCUT2D eigenvalue weighted by Crippen LogP contribution is -2.45. The molecule has 25 heavy (non-hydrogen) atoms. The van der Waals surface area contributed by atoms with Gasteiger partial charge >= 0.3 is 6.03 Å². The maximum absolute atomic E-state index is 12.9. The number of carbonyl (C=O) groups is 1. The molecule has 1 aliphatic heterocycles. The van der Waals surface area contributed by atoms with E-state index in [0.717, 1.165) is 51.4 Å². The maximum atomic E-state index is 12.9. The first-order valence-electron chi connectivity index (χ1n) is 8.93. The number of benzene rings is 1. The van der Waals surface area contributed by atoms with Crippen molar-refractivity contribution in [3.05, 3.63) is 24.3 Å². The van der Waals surface area contributed by atoms with E-state index in [4.69, 9.17) is 4.74 Å². The van der Waals surface area contributed by atoms with E-state index in [-0.39, 0.29) is 23.1 Å². The zero-order valence-corrected chi connectivity index (χ0v) is 15.4. The normalized spacial score (nSPS) is 21.4. The van der Waals surface area contributed by atoms with Gasteiger partial charge in [0.2, 0.25) is 0 Å². The van der Waals surface area contributed by atoms with Crippen LogP contribution in [0.1, 0.15) is 38.5 Å². The standard InChI is InChI=1S/C18H26N2O4S/c1-25(22,23)17-11-5-4-10-16(17)19-18(21)20(14-7-2-3-8-14)13-15-9-6-12-24-15/h4-5,10-11,14-15H,2-3,6-9,12-13H2,1H3,(H,19,21). The van der Waals surface area contributed by atoms with E-state index in [1.54, 1.807) is 18.2 Å². The quantitative estimate of drug-likeness (QED) is 0.869. The molecule has 2 amide bonds. The Morgan fingerprint density at radius 3 is 2.56 bits per heavy atom. The van der Waals surface area contributed by atoms with Crippen molar-refractivity contribution in [2.75, 3.05) is 24.7 Å². The Bertz CT molecular complexity index is 708. The molecule has 1 aromatic rings. The number of hydrogen-bond acceptors (Lipinski definition) is 4. The average Bonchev–Trinajstić information content (AvgIpc) is 3.25. The number of nitrogens with zero attached hydrogens (tertiary/aromatic N) is 1. The largest absolute Gasteiger partial charge is 0.376 e. The molecule has 2 aliphatic rings. The van der Waals surface area contributed by atoms with Gasteiger partial charge in [0.15, 0.2) is 9.84 Å². The topological polar surface area (TPSA) is 75.7 Å². The second-order valence-corrected chi connectivity index (χ2v) is 8.91. The first-order valence-corrected chi connectivity index (χ1v) is 10.8. The van der Waals surface area contributed by atoms with Gasteiger partial charge in [-0.05, 0) is 37.8 Å². The fraction of sp³-hybridized carbons (Fsp3) is 0.611. The molecule has 7 heteroatoms. The third-order valence-electron chi connectivity index (χ3n) is 4.98. The summed E-state index contributed by atoms with van der Waals surface area (Å²) in [6.45, 7) is 1.32. The maximum Gasteiger partial charge on any atom is 0.322 e. The highest BCUT2D eigenvalue weighted by molar-refractivity contribution is 7.90. The summed E-state index contributed by atoms with van der Waals surface area (Å²) < 4.78 is 29.6. The van der Waals surface area contributed by atoms with Crippen LogP contribution in [-0.4, -0.2) is 50.9 Å². The van der Waals surface area contributed by atoms with Crippen molar-refractivity contribution in [1.82, 2.24) is 4.90 Å². The monoisotopic (exact) mass is 366 g/mol. The lowest BCUT2D eigenvalue weighted by Gasteiger charge is -2.31. The molecule has 3 rings (SSSR count). The highest BCUT2D eigenvalue weighted by Crippen LogP contribution is 2.27.